The van der Waals surface area contributed by atoms with E-state index in [0.717, 1.165) is 35.0 Å². The zero-order valence-corrected chi connectivity index (χ0v) is 17.1. The Morgan fingerprint density at radius 3 is 2.55 bits per heavy atom. The lowest BCUT2D eigenvalue weighted by Gasteiger charge is -2.23. The highest BCUT2D eigenvalue weighted by Crippen LogP contribution is 2.41. The molecule has 1 fully saturated rings. The molecule has 0 radical (unpaired) electrons. The van der Waals surface area contributed by atoms with E-state index in [1.165, 1.54) is 0 Å². The zero-order chi connectivity index (χ0) is 22.0. The van der Waals surface area contributed by atoms with Gasteiger partial charge in [-0.15, -0.1) is 0 Å². The smallest absolute Gasteiger partial charge is 0.230 e. The van der Waals surface area contributed by atoms with Crippen LogP contribution in [0.15, 0.2) is 42.7 Å². The average molecular weight is 428 g/mol. The number of aryl methyl sites for hydroxylation is 1. The molecule has 31 heavy (non-hydrogen) atoms. The zero-order valence-electron chi connectivity index (χ0n) is 17.1. The molecular weight excluding hydrogens is 405 g/mol. The van der Waals surface area contributed by atoms with Crippen molar-refractivity contribution in [2.75, 3.05) is 5.32 Å². The van der Waals surface area contributed by atoms with Gasteiger partial charge in [0.25, 0.3) is 0 Å². The van der Waals surface area contributed by atoms with E-state index in [1.807, 2.05) is 12.1 Å². The van der Waals surface area contributed by atoms with Crippen LogP contribution in [0.5, 0.6) is 0 Å². The van der Waals surface area contributed by atoms with E-state index in [0.29, 0.717) is 31.5 Å². The summed E-state index contributed by atoms with van der Waals surface area (Å²) in [4.78, 5) is 16.8. The van der Waals surface area contributed by atoms with Crippen molar-refractivity contribution in [2.24, 2.45) is 7.05 Å². The van der Waals surface area contributed by atoms with Crippen LogP contribution in [0, 0.1) is 11.6 Å². The molecule has 1 aliphatic carbocycles. The standard InChI is InChI=1S/C23H23F3N4O/c1-30-23(28-20(31)13-16-12-18(25)6-7-19(16)26)21(14-8-10-27-11-9-14)22(29-30)15-2-4-17(24)5-3-15/h6-12,15,17H,2-5,13H2,1H3,(H,28,31). The fraction of sp³-hybridized carbons (Fsp3) is 0.348. The Morgan fingerprint density at radius 1 is 1.13 bits per heavy atom. The number of amides is 1. The van der Waals surface area contributed by atoms with Gasteiger partial charge < -0.3 is 5.32 Å². The molecule has 0 aliphatic heterocycles. The maximum absolute atomic E-state index is 14.0. The summed E-state index contributed by atoms with van der Waals surface area (Å²) in [5, 5.41) is 7.47. The maximum atomic E-state index is 14.0. The first kappa shape index (κ1) is 21.1. The van der Waals surface area contributed by atoms with E-state index in [1.54, 1.807) is 24.1 Å². The minimum atomic E-state index is -0.787. The average Bonchev–Trinajstić information content (AvgIpc) is 3.08. The second-order valence-electron chi connectivity index (χ2n) is 7.88. The van der Waals surface area contributed by atoms with Crippen LogP contribution in [-0.4, -0.2) is 26.8 Å². The van der Waals surface area contributed by atoms with Crippen molar-refractivity contribution in [3.05, 3.63) is 65.6 Å². The fourth-order valence-corrected chi connectivity index (χ4v) is 4.13. The molecule has 1 aliphatic rings. The molecule has 0 bridgehead atoms. The van der Waals surface area contributed by atoms with Crippen LogP contribution in [0.3, 0.4) is 0 Å². The van der Waals surface area contributed by atoms with E-state index in [9.17, 15) is 18.0 Å². The Labute approximate surface area is 178 Å². The summed E-state index contributed by atoms with van der Waals surface area (Å²) in [5.74, 6) is -1.19. The molecule has 1 aromatic carbocycles. The Hall–Kier alpha value is -3.16. The molecular formula is C23H23F3N4O. The number of anilines is 1. The number of alkyl halides is 1. The molecule has 4 rings (SSSR count). The molecule has 1 N–H and O–H groups in total. The number of carbonyl (C=O) groups is 1. The lowest BCUT2D eigenvalue weighted by atomic mass is 9.83. The summed E-state index contributed by atoms with van der Waals surface area (Å²) in [6, 6.07) is 6.68. The first-order valence-corrected chi connectivity index (χ1v) is 10.3. The van der Waals surface area contributed by atoms with Crippen LogP contribution >= 0.6 is 0 Å². The summed E-state index contributed by atoms with van der Waals surface area (Å²) in [5.41, 5.74) is 2.35. The molecule has 162 valence electrons. The van der Waals surface area contributed by atoms with Gasteiger partial charge in [-0.3, -0.25) is 14.5 Å². The van der Waals surface area contributed by atoms with E-state index in [2.05, 4.69) is 15.4 Å². The van der Waals surface area contributed by atoms with Gasteiger partial charge in [-0.2, -0.15) is 5.10 Å². The summed E-state index contributed by atoms with van der Waals surface area (Å²) >= 11 is 0. The number of rotatable bonds is 5. The number of aromatic nitrogens is 3. The van der Waals surface area contributed by atoms with Gasteiger partial charge >= 0.3 is 0 Å². The molecule has 0 spiro atoms. The van der Waals surface area contributed by atoms with Crippen molar-refractivity contribution in [3.63, 3.8) is 0 Å². The molecule has 1 amide bonds. The topological polar surface area (TPSA) is 59.8 Å². The van der Waals surface area contributed by atoms with E-state index in [-0.39, 0.29) is 17.9 Å². The number of pyridine rings is 1. The van der Waals surface area contributed by atoms with Crippen molar-refractivity contribution in [3.8, 4) is 11.1 Å². The highest BCUT2D eigenvalue weighted by atomic mass is 19.1. The Bertz CT molecular complexity index is 1080. The monoisotopic (exact) mass is 428 g/mol. The summed E-state index contributed by atoms with van der Waals surface area (Å²) in [7, 11) is 1.72. The van der Waals surface area contributed by atoms with Gasteiger partial charge in [0, 0.05) is 36.5 Å². The Balaban J connectivity index is 1.67. The number of nitrogens with one attached hydrogen (secondary N) is 1. The number of carbonyl (C=O) groups excluding carboxylic acids is 1. The molecule has 8 heteroatoms. The third kappa shape index (κ3) is 4.62. The van der Waals surface area contributed by atoms with Crippen molar-refractivity contribution in [2.45, 2.75) is 44.2 Å². The first-order chi connectivity index (χ1) is 14.9. The molecule has 0 atom stereocenters. The van der Waals surface area contributed by atoms with Crippen molar-refractivity contribution in [1.29, 1.82) is 0 Å². The van der Waals surface area contributed by atoms with Crippen molar-refractivity contribution < 1.29 is 18.0 Å². The van der Waals surface area contributed by atoms with Gasteiger partial charge in [0.05, 0.1) is 12.1 Å². The minimum Gasteiger partial charge on any atom is -0.310 e. The Kier molecular flexibility index (Phi) is 6.06. The molecule has 0 unspecified atom stereocenters. The molecule has 5 nitrogen and oxygen atoms in total. The number of halogens is 3. The summed E-state index contributed by atoms with van der Waals surface area (Å²) in [6.45, 7) is 0. The number of hydrogen-bond acceptors (Lipinski definition) is 3. The van der Waals surface area contributed by atoms with Gasteiger partial charge in [-0.25, -0.2) is 13.2 Å². The fourth-order valence-electron chi connectivity index (χ4n) is 4.13. The molecule has 3 aromatic rings. The van der Waals surface area contributed by atoms with E-state index >= 15 is 0 Å². The second kappa shape index (κ2) is 8.91. The number of hydrogen-bond donors (Lipinski definition) is 1. The SMILES string of the molecule is Cn1nc(C2CCC(F)CC2)c(-c2ccncc2)c1NC(=O)Cc1cc(F)ccc1F. The van der Waals surface area contributed by atoms with Crippen LogP contribution in [0.1, 0.15) is 42.9 Å². The third-order valence-corrected chi connectivity index (χ3v) is 5.70. The van der Waals surface area contributed by atoms with Gasteiger partial charge in [0.2, 0.25) is 5.91 Å². The van der Waals surface area contributed by atoms with Crippen LogP contribution in [0.2, 0.25) is 0 Å². The number of nitrogens with zero attached hydrogens (tertiary/aromatic N) is 3. The number of benzene rings is 1. The first-order valence-electron chi connectivity index (χ1n) is 10.3. The van der Waals surface area contributed by atoms with Gasteiger partial charge in [0.15, 0.2) is 0 Å². The maximum Gasteiger partial charge on any atom is 0.230 e. The second-order valence-corrected chi connectivity index (χ2v) is 7.88. The Morgan fingerprint density at radius 2 is 1.84 bits per heavy atom. The quantitative estimate of drug-likeness (QED) is 0.626. The van der Waals surface area contributed by atoms with E-state index < -0.39 is 23.7 Å². The lowest BCUT2D eigenvalue weighted by Crippen LogP contribution is -2.18. The van der Waals surface area contributed by atoms with Crippen LogP contribution in [0.25, 0.3) is 11.1 Å². The van der Waals surface area contributed by atoms with Gasteiger partial charge in [0.1, 0.15) is 23.6 Å². The van der Waals surface area contributed by atoms with Crippen LogP contribution in [-0.2, 0) is 18.3 Å². The van der Waals surface area contributed by atoms with E-state index in [4.69, 9.17) is 0 Å². The predicted octanol–water partition coefficient (Wildman–Crippen LogP) is 4.94. The lowest BCUT2D eigenvalue weighted by molar-refractivity contribution is -0.115. The molecule has 0 saturated heterocycles. The normalized spacial score (nSPS) is 18.7. The largest absolute Gasteiger partial charge is 0.310 e. The minimum absolute atomic E-state index is 0.0216. The van der Waals surface area contributed by atoms with Crippen LogP contribution in [0.4, 0.5) is 19.0 Å². The molecule has 1 saturated carbocycles. The van der Waals surface area contributed by atoms with Crippen molar-refractivity contribution >= 4 is 11.7 Å². The molecule has 2 heterocycles. The third-order valence-electron chi connectivity index (χ3n) is 5.70. The highest BCUT2D eigenvalue weighted by Gasteiger charge is 2.29. The van der Waals surface area contributed by atoms with Gasteiger partial charge in [-0.05, 0) is 61.6 Å². The summed E-state index contributed by atoms with van der Waals surface area (Å²) < 4.78 is 42.7. The predicted molar refractivity (Wildman–Crippen MR) is 111 cm³/mol. The van der Waals surface area contributed by atoms with Crippen LogP contribution < -0.4 is 5.32 Å². The summed E-state index contributed by atoms with van der Waals surface area (Å²) in [6.07, 6.45) is 4.53. The van der Waals surface area contributed by atoms with Gasteiger partial charge in [-0.1, -0.05) is 0 Å². The molecule has 2 aromatic heterocycles. The van der Waals surface area contributed by atoms with Crippen molar-refractivity contribution in [1.82, 2.24) is 14.8 Å². The highest BCUT2D eigenvalue weighted by molar-refractivity contribution is 5.96.